The molecule has 120 valence electrons. The number of hydrogen-bond donors (Lipinski definition) is 1. The minimum absolute atomic E-state index is 0.371. The first-order valence-corrected chi connectivity index (χ1v) is 9.22. The lowest BCUT2D eigenvalue weighted by Gasteiger charge is -2.25. The molecule has 0 aliphatic heterocycles. The fourth-order valence-corrected chi connectivity index (χ4v) is 3.90. The minimum Gasteiger partial charge on any atom is -0.330 e. The summed E-state index contributed by atoms with van der Waals surface area (Å²) in [5.74, 6) is 0.413. The van der Waals surface area contributed by atoms with Gasteiger partial charge in [-0.3, -0.25) is 0 Å². The van der Waals surface area contributed by atoms with Crippen molar-refractivity contribution in [2.45, 2.75) is 44.9 Å². The van der Waals surface area contributed by atoms with Gasteiger partial charge >= 0.3 is 0 Å². The lowest BCUT2D eigenvalue weighted by Crippen LogP contribution is -2.35. The normalized spacial score (nSPS) is 12.3. The third kappa shape index (κ3) is 4.80. The zero-order valence-electron chi connectivity index (χ0n) is 13.4. The Morgan fingerprint density at radius 2 is 1.67 bits per heavy atom. The zero-order chi connectivity index (χ0) is 15.9. The summed E-state index contributed by atoms with van der Waals surface area (Å²) in [4.78, 5) is 0.371. The highest BCUT2D eigenvalue weighted by Gasteiger charge is 2.24. The van der Waals surface area contributed by atoms with Gasteiger partial charge in [-0.15, -0.1) is 0 Å². The quantitative estimate of drug-likeness (QED) is 0.762. The largest absolute Gasteiger partial charge is 0.330 e. The molecule has 1 aromatic rings. The Bertz CT molecular complexity index is 508. The lowest BCUT2D eigenvalue weighted by atomic mass is 10.0. The van der Waals surface area contributed by atoms with Crippen LogP contribution in [0.3, 0.4) is 0 Å². The number of benzene rings is 1. The molecule has 2 N–H and O–H groups in total. The molecular weight excluding hydrogens is 284 g/mol. The molecule has 0 atom stereocenters. The first-order valence-electron chi connectivity index (χ1n) is 7.78. The van der Waals surface area contributed by atoms with Crippen molar-refractivity contribution in [3.05, 3.63) is 29.8 Å². The molecule has 0 aliphatic rings. The summed E-state index contributed by atoms with van der Waals surface area (Å²) in [6.07, 6.45) is 2.77. The van der Waals surface area contributed by atoms with E-state index in [1.165, 1.54) is 0 Å². The van der Waals surface area contributed by atoms with Gasteiger partial charge in [0.25, 0.3) is 0 Å². The van der Waals surface area contributed by atoms with E-state index in [4.69, 9.17) is 5.73 Å². The van der Waals surface area contributed by atoms with Crippen LogP contribution in [0.15, 0.2) is 29.2 Å². The van der Waals surface area contributed by atoms with Crippen LogP contribution < -0.4 is 5.73 Å². The highest BCUT2D eigenvalue weighted by atomic mass is 32.2. The predicted octanol–water partition coefficient (Wildman–Crippen LogP) is 2.63. The number of nitrogens with zero attached hydrogens (tertiary/aromatic N) is 1. The molecule has 0 aromatic heterocycles. The smallest absolute Gasteiger partial charge is 0.243 e. The maximum Gasteiger partial charge on any atom is 0.243 e. The van der Waals surface area contributed by atoms with E-state index in [1.807, 2.05) is 19.1 Å². The summed E-state index contributed by atoms with van der Waals surface area (Å²) < 4.78 is 27.0. The summed E-state index contributed by atoms with van der Waals surface area (Å²) in [6.45, 7) is 7.77. The van der Waals surface area contributed by atoms with Crippen molar-refractivity contribution in [2.75, 3.05) is 19.6 Å². The van der Waals surface area contributed by atoms with Crippen molar-refractivity contribution < 1.29 is 8.42 Å². The third-order valence-electron chi connectivity index (χ3n) is 3.96. The number of hydrogen-bond acceptors (Lipinski definition) is 3. The van der Waals surface area contributed by atoms with Crippen molar-refractivity contribution in [3.8, 4) is 0 Å². The topological polar surface area (TPSA) is 63.4 Å². The Morgan fingerprint density at radius 1 is 1.10 bits per heavy atom. The highest BCUT2D eigenvalue weighted by Crippen LogP contribution is 2.20. The molecule has 1 aromatic carbocycles. The Morgan fingerprint density at radius 3 is 2.10 bits per heavy atom. The first-order chi connectivity index (χ1) is 9.99. The maximum absolute atomic E-state index is 12.7. The van der Waals surface area contributed by atoms with Gasteiger partial charge in [-0.1, -0.05) is 45.7 Å². The van der Waals surface area contributed by atoms with E-state index in [2.05, 4.69) is 13.8 Å². The lowest BCUT2D eigenvalue weighted by molar-refractivity contribution is 0.339. The van der Waals surface area contributed by atoms with Gasteiger partial charge in [-0.05, 0) is 36.6 Å². The fraction of sp³-hybridized carbons (Fsp3) is 0.625. The number of sulfonamides is 1. The molecule has 0 fully saturated rings. The second-order valence-corrected chi connectivity index (χ2v) is 7.26. The Balaban J connectivity index is 2.95. The van der Waals surface area contributed by atoms with E-state index in [0.717, 1.165) is 24.8 Å². The van der Waals surface area contributed by atoms with Gasteiger partial charge in [0.1, 0.15) is 0 Å². The minimum atomic E-state index is -3.40. The van der Waals surface area contributed by atoms with Crippen LogP contribution in [-0.4, -0.2) is 32.4 Å². The van der Waals surface area contributed by atoms with Gasteiger partial charge in [0.05, 0.1) is 4.90 Å². The van der Waals surface area contributed by atoms with E-state index >= 15 is 0 Å². The molecular formula is C16H28N2O2S. The molecule has 1 rings (SSSR count). The Kier molecular flexibility index (Phi) is 7.35. The molecule has 0 saturated carbocycles. The van der Waals surface area contributed by atoms with Crippen LogP contribution in [-0.2, 0) is 16.4 Å². The molecule has 0 amide bonds. The van der Waals surface area contributed by atoms with Crippen LogP contribution in [0, 0.1) is 5.92 Å². The molecule has 0 saturated heterocycles. The third-order valence-corrected chi connectivity index (χ3v) is 5.92. The molecule has 0 aliphatic carbocycles. The molecule has 0 spiro atoms. The highest BCUT2D eigenvalue weighted by molar-refractivity contribution is 7.89. The van der Waals surface area contributed by atoms with Crippen LogP contribution in [0.25, 0.3) is 0 Å². The summed E-state index contributed by atoms with van der Waals surface area (Å²) >= 11 is 0. The van der Waals surface area contributed by atoms with Crippen molar-refractivity contribution in [1.29, 1.82) is 0 Å². The van der Waals surface area contributed by atoms with E-state index in [1.54, 1.807) is 16.4 Å². The fourth-order valence-electron chi connectivity index (χ4n) is 2.38. The second kappa shape index (κ2) is 8.51. The van der Waals surface area contributed by atoms with Crippen LogP contribution in [0.2, 0.25) is 0 Å². The monoisotopic (exact) mass is 312 g/mol. The van der Waals surface area contributed by atoms with Crippen molar-refractivity contribution in [1.82, 2.24) is 4.31 Å². The maximum atomic E-state index is 12.7. The SMILES string of the molecule is CCC(CC)CN(CC)S(=O)(=O)c1ccc(CCN)cc1. The summed E-state index contributed by atoms with van der Waals surface area (Å²) in [5, 5.41) is 0. The molecule has 0 radical (unpaired) electrons. The van der Waals surface area contributed by atoms with Crippen LogP contribution in [0.1, 0.15) is 39.2 Å². The molecule has 5 heteroatoms. The molecule has 21 heavy (non-hydrogen) atoms. The summed E-state index contributed by atoms with van der Waals surface area (Å²) in [6, 6.07) is 7.08. The van der Waals surface area contributed by atoms with Crippen molar-refractivity contribution >= 4 is 10.0 Å². The van der Waals surface area contributed by atoms with E-state index in [-0.39, 0.29) is 0 Å². The van der Waals surface area contributed by atoms with E-state index < -0.39 is 10.0 Å². The predicted molar refractivity (Wildman–Crippen MR) is 87.7 cm³/mol. The average molecular weight is 312 g/mol. The van der Waals surface area contributed by atoms with Crippen molar-refractivity contribution in [3.63, 3.8) is 0 Å². The standard InChI is InChI=1S/C16H28N2O2S/c1-4-14(5-2)13-18(6-3)21(19,20)16-9-7-15(8-10-16)11-12-17/h7-10,14H,4-6,11-13,17H2,1-3H3. The Hall–Kier alpha value is -0.910. The van der Waals surface area contributed by atoms with Crippen LogP contribution in [0.4, 0.5) is 0 Å². The van der Waals surface area contributed by atoms with Gasteiger partial charge in [0.2, 0.25) is 10.0 Å². The molecule has 0 bridgehead atoms. The molecule has 0 heterocycles. The van der Waals surface area contributed by atoms with Crippen molar-refractivity contribution in [2.24, 2.45) is 11.7 Å². The van der Waals surface area contributed by atoms with E-state index in [9.17, 15) is 8.42 Å². The zero-order valence-corrected chi connectivity index (χ0v) is 14.2. The first kappa shape index (κ1) is 18.1. The summed E-state index contributed by atoms with van der Waals surface area (Å²) in [5.41, 5.74) is 6.58. The van der Waals surface area contributed by atoms with E-state index in [0.29, 0.717) is 30.4 Å². The molecule has 0 unspecified atom stereocenters. The number of rotatable bonds is 9. The number of nitrogens with two attached hydrogens (primary N) is 1. The average Bonchev–Trinajstić information content (AvgIpc) is 2.49. The van der Waals surface area contributed by atoms with Gasteiger partial charge in [-0.2, -0.15) is 4.31 Å². The van der Waals surface area contributed by atoms with Gasteiger partial charge < -0.3 is 5.73 Å². The van der Waals surface area contributed by atoms with Gasteiger partial charge in [-0.25, -0.2) is 8.42 Å². The summed E-state index contributed by atoms with van der Waals surface area (Å²) in [7, 11) is -3.40. The Labute approximate surface area is 129 Å². The van der Waals surface area contributed by atoms with Gasteiger partial charge in [0, 0.05) is 13.1 Å². The van der Waals surface area contributed by atoms with Gasteiger partial charge in [0.15, 0.2) is 0 Å². The second-order valence-electron chi connectivity index (χ2n) is 5.32. The van der Waals surface area contributed by atoms with Crippen LogP contribution >= 0.6 is 0 Å². The molecule has 4 nitrogen and oxygen atoms in total. The van der Waals surface area contributed by atoms with Crippen LogP contribution in [0.5, 0.6) is 0 Å².